The molecule has 1 aromatic carbocycles. The van der Waals surface area contributed by atoms with Gasteiger partial charge in [-0.15, -0.1) is 0 Å². The molecule has 1 aliphatic rings. The van der Waals surface area contributed by atoms with Crippen molar-refractivity contribution in [1.82, 2.24) is 0 Å². The number of hydrogen-bond donors (Lipinski definition) is 0. The Hall–Kier alpha value is -1.57. The number of aryl methyl sites for hydroxylation is 1. The molecule has 2 rings (SSSR count). The first kappa shape index (κ1) is 10.9. The van der Waals surface area contributed by atoms with Crippen LogP contribution in [0.25, 0.3) is 0 Å². The van der Waals surface area contributed by atoms with Crippen molar-refractivity contribution in [3.05, 3.63) is 47.5 Å². The molecule has 0 N–H and O–H groups in total. The molecule has 0 saturated carbocycles. The second-order valence-electron chi connectivity index (χ2n) is 4.27. The van der Waals surface area contributed by atoms with E-state index in [-0.39, 0.29) is 18.0 Å². The molecule has 1 aromatic rings. The molecule has 0 unspecified atom stereocenters. The maximum atomic E-state index is 11.5. The largest absolute Gasteiger partial charge is 0.458 e. The second-order valence-corrected chi connectivity index (χ2v) is 4.27. The molecule has 0 radical (unpaired) electrons. The third-order valence-corrected chi connectivity index (χ3v) is 3.11. The van der Waals surface area contributed by atoms with Crippen LogP contribution in [0.3, 0.4) is 0 Å². The molecule has 2 atom stereocenters. The van der Waals surface area contributed by atoms with E-state index in [1.807, 2.05) is 13.8 Å². The van der Waals surface area contributed by atoms with Gasteiger partial charge in [-0.25, -0.2) is 4.79 Å². The molecule has 84 valence electrons. The van der Waals surface area contributed by atoms with Crippen molar-refractivity contribution in [2.75, 3.05) is 0 Å². The highest BCUT2D eigenvalue weighted by Gasteiger charge is 2.38. The lowest BCUT2D eigenvalue weighted by Gasteiger charge is -2.16. The maximum Gasteiger partial charge on any atom is 0.334 e. The van der Waals surface area contributed by atoms with Gasteiger partial charge in [0.1, 0.15) is 6.10 Å². The van der Waals surface area contributed by atoms with Gasteiger partial charge in [0, 0.05) is 5.57 Å². The molecule has 1 saturated heterocycles. The Morgan fingerprint density at radius 1 is 1.31 bits per heavy atom. The lowest BCUT2D eigenvalue weighted by molar-refractivity contribution is -0.139. The average molecular weight is 216 g/mol. The Labute approximate surface area is 95.9 Å². The summed E-state index contributed by atoms with van der Waals surface area (Å²) in [4.78, 5) is 11.5. The molecule has 1 aliphatic heterocycles. The number of carbonyl (C=O) groups excluding carboxylic acids is 1. The van der Waals surface area contributed by atoms with Crippen molar-refractivity contribution in [2.45, 2.75) is 32.3 Å². The molecule has 1 fully saturated rings. The van der Waals surface area contributed by atoms with Gasteiger partial charge >= 0.3 is 5.97 Å². The average Bonchev–Trinajstić information content (AvgIpc) is 2.57. The highest BCUT2D eigenvalue weighted by molar-refractivity contribution is 5.92. The predicted octanol–water partition coefficient (Wildman–Crippen LogP) is 2.97. The lowest BCUT2D eigenvalue weighted by Crippen LogP contribution is -2.13. The van der Waals surface area contributed by atoms with E-state index in [1.54, 1.807) is 0 Å². The summed E-state index contributed by atoms with van der Waals surface area (Å²) in [6, 6.07) is 8.21. The van der Waals surface area contributed by atoms with Crippen molar-refractivity contribution in [1.29, 1.82) is 0 Å². The predicted molar refractivity (Wildman–Crippen MR) is 63.2 cm³/mol. The zero-order valence-electron chi connectivity index (χ0n) is 9.69. The standard InChI is InChI=1S/C14H16O2/c1-4-12-13(10(3)14(15)16-12)11-7-5-9(2)6-8-11/h5-8,12-13H,3-4H2,1-2H3/t12-,13-/m0/s1. The topological polar surface area (TPSA) is 26.3 Å². The SMILES string of the molecule is C=C1C(=O)O[C@@H](CC)[C@@H]1c1ccc(C)cc1. The van der Waals surface area contributed by atoms with Crippen molar-refractivity contribution >= 4 is 5.97 Å². The minimum atomic E-state index is -0.252. The first-order valence-corrected chi connectivity index (χ1v) is 5.59. The van der Waals surface area contributed by atoms with Crippen LogP contribution in [0.5, 0.6) is 0 Å². The molecule has 0 amide bonds. The summed E-state index contributed by atoms with van der Waals surface area (Å²) < 4.78 is 5.28. The smallest absolute Gasteiger partial charge is 0.334 e. The quantitative estimate of drug-likeness (QED) is 0.561. The summed E-state index contributed by atoms with van der Waals surface area (Å²) >= 11 is 0. The van der Waals surface area contributed by atoms with Gasteiger partial charge in [0.2, 0.25) is 0 Å². The number of rotatable bonds is 2. The van der Waals surface area contributed by atoms with Gasteiger partial charge in [0.15, 0.2) is 0 Å². The summed E-state index contributed by atoms with van der Waals surface area (Å²) in [5, 5.41) is 0. The summed E-state index contributed by atoms with van der Waals surface area (Å²) in [5.74, 6) is -0.226. The van der Waals surface area contributed by atoms with Crippen LogP contribution in [-0.4, -0.2) is 12.1 Å². The number of carbonyl (C=O) groups is 1. The van der Waals surface area contributed by atoms with Gasteiger partial charge in [-0.05, 0) is 18.9 Å². The number of ether oxygens (including phenoxy) is 1. The minimum absolute atomic E-state index is 0.0260. The Kier molecular flexibility index (Phi) is 2.82. The van der Waals surface area contributed by atoms with Crippen LogP contribution in [-0.2, 0) is 9.53 Å². The van der Waals surface area contributed by atoms with Gasteiger partial charge < -0.3 is 4.74 Å². The molecule has 2 nitrogen and oxygen atoms in total. The van der Waals surface area contributed by atoms with Crippen molar-refractivity contribution in [2.24, 2.45) is 0 Å². The number of benzene rings is 1. The summed E-state index contributed by atoms with van der Waals surface area (Å²) in [6.07, 6.45) is 0.770. The van der Waals surface area contributed by atoms with E-state index >= 15 is 0 Å². The highest BCUT2D eigenvalue weighted by atomic mass is 16.6. The first-order chi connectivity index (χ1) is 7.63. The normalized spacial score (nSPS) is 24.6. The number of hydrogen-bond acceptors (Lipinski definition) is 2. The number of esters is 1. The Bertz CT molecular complexity index is 417. The van der Waals surface area contributed by atoms with Crippen LogP contribution in [0.15, 0.2) is 36.4 Å². The van der Waals surface area contributed by atoms with Gasteiger partial charge in [-0.1, -0.05) is 43.3 Å². The van der Waals surface area contributed by atoms with E-state index in [0.717, 1.165) is 12.0 Å². The van der Waals surface area contributed by atoms with Crippen molar-refractivity contribution in [3.63, 3.8) is 0 Å². The minimum Gasteiger partial charge on any atom is -0.458 e. The molecular weight excluding hydrogens is 200 g/mol. The first-order valence-electron chi connectivity index (χ1n) is 5.59. The molecule has 16 heavy (non-hydrogen) atoms. The maximum absolute atomic E-state index is 11.5. The van der Waals surface area contributed by atoms with Crippen LogP contribution in [0, 0.1) is 6.92 Å². The van der Waals surface area contributed by atoms with Gasteiger partial charge in [-0.2, -0.15) is 0 Å². The Morgan fingerprint density at radius 2 is 1.94 bits per heavy atom. The van der Waals surface area contributed by atoms with Crippen molar-refractivity contribution < 1.29 is 9.53 Å². The van der Waals surface area contributed by atoms with Crippen molar-refractivity contribution in [3.8, 4) is 0 Å². The van der Waals surface area contributed by atoms with Crippen LogP contribution < -0.4 is 0 Å². The molecule has 1 heterocycles. The second kappa shape index (κ2) is 4.12. The van der Waals surface area contributed by atoms with Crippen LogP contribution in [0.4, 0.5) is 0 Å². The fourth-order valence-electron chi connectivity index (χ4n) is 2.14. The summed E-state index contributed by atoms with van der Waals surface area (Å²) in [5.41, 5.74) is 2.91. The zero-order valence-corrected chi connectivity index (χ0v) is 9.69. The monoisotopic (exact) mass is 216 g/mol. The summed E-state index contributed by atoms with van der Waals surface area (Å²) in [6.45, 7) is 7.91. The Morgan fingerprint density at radius 3 is 2.50 bits per heavy atom. The van der Waals surface area contributed by atoms with Crippen LogP contribution >= 0.6 is 0 Å². The van der Waals surface area contributed by atoms with Gasteiger partial charge in [-0.3, -0.25) is 0 Å². The number of cyclic esters (lactones) is 1. The Balaban J connectivity index is 2.34. The molecule has 0 aliphatic carbocycles. The molecular formula is C14H16O2. The molecule has 2 heteroatoms. The molecule has 0 aromatic heterocycles. The zero-order chi connectivity index (χ0) is 11.7. The third kappa shape index (κ3) is 1.75. The van der Waals surface area contributed by atoms with E-state index in [0.29, 0.717) is 5.57 Å². The molecule has 0 bridgehead atoms. The van der Waals surface area contributed by atoms with Crippen LogP contribution in [0.2, 0.25) is 0 Å². The van der Waals surface area contributed by atoms with Crippen LogP contribution in [0.1, 0.15) is 30.4 Å². The van der Waals surface area contributed by atoms with E-state index in [9.17, 15) is 4.79 Å². The van der Waals surface area contributed by atoms with E-state index in [4.69, 9.17) is 4.74 Å². The fourth-order valence-corrected chi connectivity index (χ4v) is 2.14. The van der Waals surface area contributed by atoms with E-state index in [1.165, 1.54) is 5.56 Å². The fraction of sp³-hybridized carbons (Fsp3) is 0.357. The van der Waals surface area contributed by atoms with E-state index < -0.39 is 0 Å². The lowest BCUT2D eigenvalue weighted by atomic mass is 9.88. The van der Waals surface area contributed by atoms with Gasteiger partial charge in [0.05, 0.1) is 5.92 Å². The highest BCUT2D eigenvalue weighted by Crippen LogP contribution is 2.37. The van der Waals surface area contributed by atoms with E-state index in [2.05, 4.69) is 30.8 Å². The third-order valence-electron chi connectivity index (χ3n) is 3.11. The summed E-state index contributed by atoms with van der Waals surface area (Å²) in [7, 11) is 0. The molecule has 0 spiro atoms. The van der Waals surface area contributed by atoms with Gasteiger partial charge in [0.25, 0.3) is 0 Å².